The highest BCUT2D eigenvalue weighted by Crippen LogP contribution is 2.67. The molecule has 1 aromatic rings. The predicted molar refractivity (Wildman–Crippen MR) is 102 cm³/mol. The van der Waals surface area contributed by atoms with E-state index in [1.54, 1.807) is 0 Å². The molecule has 3 fully saturated rings. The molecule has 0 amide bonds. The monoisotopic (exact) mass is 355 g/mol. The molecule has 0 spiro atoms. The quantitative estimate of drug-likeness (QED) is 0.743. The number of hydrogen-bond acceptors (Lipinski definition) is 4. The molecular weight excluding hydrogens is 322 g/mol. The third-order valence-electron chi connectivity index (χ3n) is 9.61. The number of aliphatic hydroxyl groups is 1. The van der Waals surface area contributed by atoms with Gasteiger partial charge in [0.25, 0.3) is 0 Å². The highest BCUT2D eigenvalue weighted by molar-refractivity contribution is 5.30. The third kappa shape index (κ3) is 2.05. The van der Waals surface area contributed by atoms with Crippen LogP contribution in [0.15, 0.2) is 6.20 Å². The summed E-state index contributed by atoms with van der Waals surface area (Å²) in [6.07, 6.45) is 11.4. The number of fused-ring (bicyclic) bond motifs is 6. The minimum Gasteiger partial charge on any atom is -0.390 e. The summed E-state index contributed by atoms with van der Waals surface area (Å²) in [5.41, 5.74) is 8.35. The molecule has 3 saturated carbocycles. The minimum atomic E-state index is -0.481. The molecule has 0 unspecified atom stereocenters. The maximum absolute atomic E-state index is 11.1. The van der Waals surface area contributed by atoms with Gasteiger partial charge in [-0.2, -0.15) is 0 Å². The Morgan fingerprint density at radius 2 is 1.85 bits per heavy atom. The number of nitrogens with two attached hydrogens (primary N) is 1. The number of anilines is 1. The van der Waals surface area contributed by atoms with E-state index in [1.807, 2.05) is 6.20 Å². The van der Waals surface area contributed by atoms with E-state index in [0.29, 0.717) is 17.3 Å². The zero-order valence-corrected chi connectivity index (χ0v) is 16.5. The lowest BCUT2D eigenvalue weighted by molar-refractivity contribution is -0.139. The van der Waals surface area contributed by atoms with E-state index in [1.165, 1.54) is 43.4 Å². The van der Waals surface area contributed by atoms with Gasteiger partial charge in [-0.05, 0) is 98.4 Å². The van der Waals surface area contributed by atoms with Gasteiger partial charge in [-0.1, -0.05) is 13.8 Å². The molecular formula is C22H33N3O. The van der Waals surface area contributed by atoms with Crippen molar-refractivity contribution >= 4 is 5.95 Å². The highest BCUT2D eigenvalue weighted by atomic mass is 16.3. The van der Waals surface area contributed by atoms with Crippen LogP contribution >= 0.6 is 0 Å². The molecule has 4 nitrogen and oxygen atoms in total. The first-order valence-corrected chi connectivity index (χ1v) is 10.6. The number of nitrogen functional groups attached to an aromatic ring is 1. The molecule has 0 aromatic carbocycles. The van der Waals surface area contributed by atoms with Gasteiger partial charge in [-0.25, -0.2) is 9.97 Å². The van der Waals surface area contributed by atoms with Gasteiger partial charge in [0, 0.05) is 11.9 Å². The Kier molecular flexibility index (Phi) is 3.40. The van der Waals surface area contributed by atoms with Crippen molar-refractivity contribution in [2.75, 3.05) is 5.73 Å². The maximum atomic E-state index is 11.1. The smallest absolute Gasteiger partial charge is 0.220 e. The molecule has 26 heavy (non-hydrogen) atoms. The third-order valence-corrected chi connectivity index (χ3v) is 9.61. The zero-order valence-electron chi connectivity index (χ0n) is 16.5. The number of hydrogen-bond donors (Lipinski definition) is 2. The van der Waals surface area contributed by atoms with Gasteiger partial charge in [0.15, 0.2) is 0 Å². The topological polar surface area (TPSA) is 72.0 Å². The van der Waals surface area contributed by atoms with Crippen LogP contribution in [0.1, 0.15) is 70.6 Å². The van der Waals surface area contributed by atoms with Gasteiger partial charge in [0.2, 0.25) is 5.95 Å². The molecule has 7 atom stereocenters. The number of rotatable bonds is 0. The fourth-order valence-corrected chi connectivity index (χ4v) is 7.81. The van der Waals surface area contributed by atoms with Crippen molar-refractivity contribution in [3.63, 3.8) is 0 Å². The van der Waals surface area contributed by atoms with Gasteiger partial charge in [-0.15, -0.1) is 0 Å². The van der Waals surface area contributed by atoms with Crippen LogP contribution in [-0.4, -0.2) is 20.7 Å². The summed E-state index contributed by atoms with van der Waals surface area (Å²) >= 11 is 0. The van der Waals surface area contributed by atoms with Crippen molar-refractivity contribution in [2.24, 2.45) is 34.5 Å². The summed E-state index contributed by atoms with van der Waals surface area (Å²) in [5, 5.41) is 11.1. The molecule has 4 aliphatic rings. The molecule has 3 N–H and O–H groups in total. The average molecular weight is 356 g/mol. The van der Waals surface area contributed by atoms with E-state index in [9.17, 15) is 5.11 Å². The molecule has 1 heterocycles. The molecule has 0 radical (unpaired) electrons. The first kappa shape index (κ1) is 17.0. The van der Waals surface area contributed by atoms with Crippen molar-refractivity contribution in [1.29, 1.82) is 0 Å². The lowest BCUT2D eigenvalue weighted by Crippen LogP contribution is -2.56. The van der Waals surface area contributed by atoms with Crippen LogP contribution < -0.4 is 5.73 Å². The van der Waals surface area contributed by atoms with E-state index in [0.717, 1.165) is 37.0 Å². The van der Waals surface area contributed by atoms with Crippen molar-refractivity contribution in [3.05, 3.63) is 17.5 Å². The highest BCUT2D eigenvalue weighted by Gasteiger charge is 2.63. The average Bonchev–Trinajstić information content (AvgIpc) is 2.83. The summed E-state index contributed by atoms with van der Waals surface area (Å²) in [5.74, 6) is 3.39. The van der Waals surface area contributed by atoms with Gasteiger partial charge >= 0.3 is 0 Å². The molecule has 4 aliphatic carbocycles. The summed E-state index contributed by atoms with van der Waals surface area (Å²) < 4.78 is 0. The van der Waals surface area contributed by atoms with Crippen molar-refractivity contribution in [3.8, 4) is 0 Å². The Morgan fingerprint density at radius 1 is 1.08 bits per heavy atom. The molecule has 0 aliphatic heterocycles. The van der Waals surface area contributed by atoms with Crippen LogP contribution in [0.5, 0.6) is 0 Å². The van der Waals surface area contributed by atoms with Gasteiger partial charge < -0.3 is 10.8 Å². The molecule has 1 aromatic heterocycles. The predicted octanol–water partition coefficient (Wildman–Crippen LogP) is 3.77. The van der Waals surface area contributed by atoms with E-state index >= 15 is 0 Å². The number of aromatic nitrogens is 2. The molecule has 5 rings (SSSR count). The Bertz CT molecular complexity index is 747. The molecule has 0 bridgehead atoms. The van der Waals surface area contributed by atoms with E-state index in [2.05, 4.69) is 30.7 Å². The lowest BCUT2D eigenvalue weighted by Gasteiger charge is -2.61. The van der Waals surface area contributed by atoms with Crippen LogP contribution in [0.25, 0.3) is 0 Å². The summed E-state index contributed by atoms with van der Waals surface area (Å²) in [6, 6.07) is 0. The second-order valence-corrected chi connectivity index (χ2v) is 10.5. The van der Waals surface area contributed by atoms with Crippen molar-refractivity contribution < 1.29 is 5.11 Å². The van der Waals surface area contributed by atoms with Gasteiger partial charge in [0.1, 0.15) is 0 Å². The molecule has 0 saturated heterocycles. The maximum Gasteiger partial charge on any atom is 0.220 e. The zero-order chi connectivity index (χ0) is 18.3. The largest absolute Gasteiger partial charge is 0.390 e. The minimum absolute atomic E-state index is 0.113. The van der Waals surface area contributed by atoms with Crippen molar-refractivity contribution in [1.82, 2.24) is 9.97 Å². The Hall–Kier alpha value is -1.16. The second-order valence-electron chi connectivity index (χ2n) is 10.5. The second kappa shape index (κ2) is 5.21. The van der Waals surface area contributed by atoms with E-state index in [-0.39, 0.29) is 5.41 Å². The van der Waals surface area contributed by atoms with Gasteiger partial charge in [0.05, 0.1) is 5.60 Å². The van der Waals surface area contributed by atoms with Crippen LogP contribution in [-0.2, 0) is 12.8 Å². The fraction of sp³-hybridized carbons (Fsp3) is 0.818. The Labute approximate surface area is 157 Å². The van der Waals surface area contributed by atoms with Crippen molar-refractivity contribution in [2.45, 2.75) is 77.7 Å². The Morgan fingerprint density at radius 3 is 2.65 bits per heavy atom. The van der Waals surface area contributed by atoms with E-state index in [4.69, 9.17) is 5.73 Å². The first-order chi connectivity index (χ1) is 12.2. The normalized spacial score (nSPS) is 49.7. The molecule has 142 valence electrons. The first-order valence-electron chi connectivity index (χ1n) is 10.6. The van der Waals surface area contributed by atoms with Crippen LogP contribution in [0.2, 0.25) is 0 Å². The summed E-state index contributed by atoms with van der Waals surface area (Å²) in [4.78, 5) is 8.84. The van der Waals surface area contributed by atoms with E-state index < -0.39 is 5.60 Å². The summed E-state index contributed by atoms with van der Waals surface area (Å²) in [6.45, 7) is 7.02. The van der Waals surface area contributed by atoms with Crippen LogP contribution in [0.3, 0.4) is 0 Å². The lowest BCUT2D eigenvalue weighted by atomic mass is 9.44. The SMILES string of the molecule is C[C@]12Cc3cnc(N)nc3C[C@@H]1CC[C@H]1[C@H]2CC[C@]2(C)[C@H]1CC[C@@]2(C)O. The number of nitrogens with zero attached hydrogens (tertiary/aromatic N) is 2. The fourth-order valence-electron chi connectivity index (χ4n) is 7.81. The standard InChI is InChI=1S/C22H33N3O/c1-20-11-13-12-24-19(23)25-18(13)10-14(20)4-5-15-16(20)6-8-21(2)17(15)7-9-22(21,3)26/h12,14-17,26H,4-11H2,1-3H3,(H2,23,24,25)/t14-,15-,16+,17-,20-,21+,22+/m0/s1. The molecule has 4 heteroatoms. The van der Waals surface area contributed by atoms with Crippen LogP contribution in [0.4, 0.5) is 5.95 Å². The summed E-state index contributed by atoms with van der Waals surface area (Å²) in [7, 11) is 0. The van der Waals surface area contributed by atoms with Crippen LogP contribution in [0, 0.1) is 34.5 Å². The Balaban J connectivity index is 1.50. The van der Waals surface area contributed by atoms with Gasteiger partial charge in [-0.3, -0.25) is 0 Å².